The fourth-order valence-electron chi connectivity index (χ4n) is 5.39. The van der Waals surface area contributed by atoms with Crippen LogP contribution in [0.1, 0.15) is 19.8 Å². The minimum atomic E-state index is -4.27. The number of hydrogen-bond acceptors (Lipinski definition) is 6. The predicted molar refractivity (Wildman–Crippen MR) is 131 cm³/mol. The molecule has 3 fully saturated rings. The highest BCUT2D eigenvalue weighted by Crippen LogP contribution is 2.31. The molecule has 2 N–H and O–H groups in total. The highest BCUT2D eigenvalue weighted by atomic mass is 35.5. The minimum absolute atomic E-state index is 0.00738. The molecule has 3 heterocycles. The average molecular weight is 535 g/mol. The zero-order valence-electron chi connectivity index (χ0n) is 19.7. The first-order valence-corrected chi connectivity index (χ1v) is 13.6. The number of morpholine rings is 1. The van der Waals surface area contributed by atoms with Crippen LogP contribution in [0, 0.1) is 0 Å². The van der Waals surface area contributed by atoms with Gasteiger partial charge in [-0.3, -0.25) is 14.4 Å². The van der Waals surface area contributed by atoms with E-state index in [1.54, 1.807) is 36.1 Å². The number of hydrogen-bond donors (Lipinski definition) is 1. The van der Waals surface area contributed by atoms with Crippen molar-refractivity contribution in [3.05, 3.63) is 41.4 Å². The largest absolute Gasteiger partial charge is 0.374 e. The van der Waals surface area contributed by atoms with Crippen molar-refractivity contribution in [2.75, 3.05) is 26.2 Å². The Morgan fingerprint density at radius 2 is 1.94 bits per heavy atom. The number of likely N-dealkylation sites (tertiary alicyclic amines) is 2. The molecule has 3 amide bonds. The van der Waals surface area contributed by atoms with Crippen molar-refractivity contribution in [1.29, 1.82) is 0 Å². The number of rotatable bonds is 7. The molecule has 0 aliphatic carbocycles. The summed E-state index contributed by atoms with van der Waals surface area (Å²) in [7, 11) is -4.27. The maximum absolute atomic E-state index is 13.6. The summed E-state index contributed by atoms with van der Waals surface area (Å²) >= 11 is 6.03. The Balaban J connectivity index is 1.40. The lowest BCUT2D eigenvalue weighted by atomic mass is 10.1. The van der Waals surface area contributed by atoms with Crippen LogP contribution < -0.4 is 5.73 Å². The van der Waals surface area contributed by atoms with Gasteiger partial charge in [0.05, 0.1) is 30.2 Å². The summed E-state index contributed by atoms with van der Waals surface area (Å²) in [4.78, 5) is 41.5. The number of amides is 3. The number of carbonyl (C=O) groups excluding carboxylic acids is 3. The van der Waals surface area contributed by atoms with Crippen LogP contribution in [0.2, 0.25) is 5.02 Å². The summed E-state index contributed by atoms with van der Waals surface area (Å²) in [6.07, 6.45) is 0.959. The van der Waals surface area contributed by atoms with Gasteiger partial charge in [0.2, 0.25) is 27.7 Å². The molecule has 192 valence electrons. The van der Waals surface area contributed by atoms with Crippen molar-refractivity contribution in [2.45, 2.75) is 48.9 Å². The van der Waals surface area contributed by atoms with Crippen LogP contribution >= 0.6 is 11.6 Å². The molecular formula is C24H27ClN4O6S. The molecule has 5 rings (SSSR count). The SMILES string of the molecule is CC(C(=O)N1CC2CC1CO2)N1CC[C@H](N(CC(N)=O)S(=O)(=O)c2ccc3cc(Cl)ccc3c2)C1=O. The van der Waals surface area contributed by atoms with Gasteiger partial charge in [-0.15, -0.1) is 0 Å². The first-order valence-electron chi connectivity index (χ1n) is 11.8. The number of carbonyl (C=O) groups is 3. The lowest BCUT2D eigenvalue weighted by Crippen LogP contribution is -2.54. The molecule has 10 nitrogen and oxygen atoms in total. The molecule has 0 spiro atoms. The molecule has 3 unspecified atom stereocenters. The summed E-state index contributed by atoms with van der Waals surface area (Å²) in [6, 6.07) is 7.67. The highest BCUT2D eigenvalue weighted by Gasteiger charge is 2.48. The van der Waals surface area contributed by atoms with Crippen LogP contribution in [0.25, 0.3) is 10.8 Å². The Bertz CT molecular complexity index is 1350. The predicted octanol–water partition coefficient (Wildman–Crippen LogP) is 0.958. The second kappa shape index (κ2) is 9.29. The van der Waals surface area contributed by atoms with Gasteiger partial charge < -0.3 is 20.3 Å². The summed E-state index contributed by atoms with van der Waals surface area (Å²) in [5, 5.41) is 1.91. The number of sulfonamides is 1. The number of fused-ring (bicyclic) bond motifs is 3. The van der Waals surface area contributed by atoms with Gasteiger partial charge in [-0.2, -0.15) is 4.31 Å². The van der Waals surface area contributed by atoms with E-state index in [-0.39, 0.29) is 35.9 Å². The number of nitrogens with zero attached hydrogens (tertiary/aromatic N) is 3. The Labute approximate surface area is 213 Å². The van der Waals surface area contributed by atoms with E-state index >= 15 is 0 Å². The average Bonchev–Trinajstić information content (AvgIpc) is 3.57. The molecule has 3 aliphatic rings. The van der Waals surface area contributed by atoms with Crippen molar-refractivity contribution < 1.29 is 27.5 Å². The van der Waals surface area contributed by atoms with Crippen LogP contribution in [-0.2, 0) is 29.1 Å². The quantitative estimate of drug-likeness (QED) is 0.563. The van der Waals surface area contributed by atoms with Gasteiger partial charge in [0.1, 0.15) is 12.1 Å². The maximum Gasteiger partial charge on any atom is 0.245 e. The molecule has 2 aromatic carbocycles. The summed E-state index contributed by atoms with van der Waals surface area (Å²) in [6.45, 7) is 2.17. The molecule has 3 aliphatic heterocycles. The standard InChI is InChI=1S/C24H27ClN4O6S/c1-14(23(31)28-11-19-10-18(28)13-35-19)27-7-6-21(24(27)32)29(12-22(26)30)36(33,34)20-5-3-15-8-17(25)4-2-16(15)9-20/h2-5,8-9,14,18-19,21H,6-7,10-13H2,1H3,(H2,26,30)/t14?,18?,19?,21-/m0/s1. The monoisotopic (exact) mass is 534 g/mol. The van der Waals surface area contributed by atoms with Gasteiger partial charge in [-0.1, -0.05) is 23.7 Å². The van der Waals surface area contributed by atoms with E-state index in [1.165, 1.54) is 17.0 Å². The normalized spacial score (nSPS) is 24.8. The van der Waals surface area contributed by atoms with Crippen molar-refractivity contribution in [3.63, 3.8) is 0 Å². The van der Waals surface area contributed by atoms with Gasteiger partial charge in [-0.25, -0.2) is 8.42 Å². The maximum atomic E-state index is 13.6. The molecule has 36 heavy (non-hydrogen) atoms. The number of nitrogens with two attached hydrogens (primary N) is 1. The molecule has 3 saturated heterocycles. The summed E-state index contributed by atoms with van der Waals surface area (Å²) < 4.78 is 33.7. The molecule has 0 aromatic heterocycles. The third-order valence-corrected chi connectivity index (χ3v) is 9.35. The fourth-order valence-corrected chi connectivity index (χ4v) is 7.18. The zero-order valence-corrected chi connectivity index (χ0v) is 21.2. The van der Waals surface area contributed by atoms with Gasteiger partial charge in [0.15, 0.2) is 0 Å². The second-order valence-electron chi connectivity index (χ2n) is 9.52. The van der Waals surface area contributed by atoms with Crippen LogP contribution in [0.4, 0.5) is 0 Å². The lowest BCUT2D eigenvalue weighted by molar-refractivity contribution is -0.147. The Morgan fingerprint density at radius 3 is 2.61 bits per heavy atom. The molecule has 0 saturated carbocycles. The summed E-state index contributed by atoms with van der Waals surface area (Å²) in [5.41, 5.74) is 5.39. The lowest BCUT2D eigenvalue weighted by Gasteiger charge is -2.33. The van der Waals surface area contributed by atoms with Crippen LogP contribution in [0.15, 0.2) is 41.3 Å². The van der Waals surface area contributed by atoms with E-state index in [0.717, 1.165) is 16.1 Å². The zero-order chi connectivity index (χ0) is 25.8. The molecule has 2 bridgehead atoms. The summed E-state index contributed by atoms with van der Waals surface area (Å²) in [5.74, 6) is -1.58. The molecular weight excluding hydrogens is 508 g/mol. The van der Waals surface area contributed by atoms with E-state index in [0.29, 0.717) is 23.6 Å². The van der Waals surface area contributed by atoms with Crippen molar-refractivity contribution >= 4 is 50.1 Å². The minimum Gasteiger partial charge on any atom is -0.374 e. The number of ether oxygens (including phenoxy) is 1. The first-order chi connectivity index (χ1) is 17.1. The van der Waals surface area contributed by atoms with Crippen LogP contribution in [0.3, 0.4) is 0 Å². The third-order valence-electron chi connectivity index (χ3n) is 7.26. The van der Waals surface area contributed by atoms with Gasteiger partial charge in [0.25, 0.3) is 0 Å². The highest BCUT2D eigenvalue weighted by molar-refractivity contribution is 7.89. The van der Waals surface area contributed by atoms with Crippen LogP contribution in [-0.4, -0.2) is 90.7 Å². The fraction of sp³-hybridized carbons (Fsp3) is 0.458. The van der Waals surface area contributed by atoms with Crippen LogP contribution in [0.5, 0.6) is 0 Å². The van der Waals surface area contributed by atoms with E-state index < -0.39 is 40.5 Å². The number of halogens is 1. The number of primary amides is 1. The van der Waals surface area contributed by atoms with Crippen molar-refractivity contribution in [2.24, 2.45) is 5.73 Å². The van der Waals surface area contributed by atoms with Gasteiger partial charge in [-0.05, 0) is 54.8 Å². The molecule has 12 heteroatoms. The number of benzene rings is 2. The molecule has 0 radical (unpaired) electrons. The Kier molecular flexibility index (Phi) is 6.44. The van der Waals surface area contributed by atoms with Crippen molar-refractivity contribution in [1.82, 2.24) is 14.1 Å². The molecule has 2 aromatic rings. The van der Waals surface area contributed by atoms with E-state index in [2.05, 4.69) is 0 Å². The van der Waals surface area contributed by atoms with E-state index in [9.17, 15) is 22.8 Å². The van der Waals surface area contributed by atoms with Gasteiger partial charge >= 0.3 is 0 Å². The first kappa shape index (κ1) is 24.9. The van der Waals surface area contributed by atoms with E-state index in [4.69, 9.17) is 22.1 Å². The second-order valence-corrected chi connectivity index (χ2v) is 11.8. The van der Waals surface area contributed by atoms with Gasteiger partial charge in [0, 0.05) is 18.1 Å². The molecule has 4 atom stereocenters. The Hall–Kier alpha value is -2.73. The van der Waals surface area contributed by atoms with E-state index in [1.807, 2.05) is 0 Å². The smallest absolute Gasteiger partial charge is 0.245 e. The Morgan fingerprint density at radius 1 is 1.22 bits per heavy atom. The van der Waals surface area contributed by atoms with Crippen molar-refractivity contribution in [3.8, 4) is 0 Å². The third kappa shape index (κ3) is 4.34. The topological polar surface area (TPSA) is 130 Å².